The average Bonchev–Trinajstić information content (AvgIpc) is 2.23. The number of nitrogens with one attached hydrogen (secondary N) is 1. The summed E-state index contributed by atoms with van der Waals surface area (Å²) < 4.78 is 13.8. The predicted molar refractivity (Wildman–Crippen MR) is 55.7 cm³/mol. The van der Waals surface area contributed by atoms with Crippen LogP contribution in [0.2, 0.25) is 0 Å². The molecule has 0 atom stereocenters. The van der Waals surface area contributed by atoms with E-state index in [0.29, 0.717) is 17.8 Å². The third-order valence-electron chi connectivity index (χ3n) is 3.07. The largest absolute Gasteiger partial charge is 0.398 e. The molecule has 0 saturated carbocycles. The first-order valence-electron chi connectivity index (χ1n) is 4.89. The Bertz CT molecular complexity index is 349. The van der Waals surface area contributed by atoms with Gasteiger partial charge in [-0.25, -0.2) is 4.39 Å². The van der Waals surface area contributed by atoms with Crippen molar-refractivity contribution in [2.75, 3.05) is 12.3 Å². The van der Waals surface area contributed by atoms with Crippen LogP contribution in [0.3, 0.4) is 0 Å². The van der Waals surface area contributed by atoms with Gasteiger partial charge in [-0.2, -0.15) is 0 Å². The van der Waals surface area contributed by atoms with Crippen LogP contribution >= 0.6 is 0 Å². The maximum absolute atomic E-state index is 13.8. The SMILES string of the molecule is Cc1c(N)c(C)c2c(c1F)CNCC2. The molecule has 0 saturated heterocycles. The van der Waals surface area contributed by atoms with Gasteiger partial charge in [0, 0.05) is 23.4 Å². The van der Waals surface area contributed by atoms with Crippen LogP contribution in [-0.4, -0.2) is 6.54 Å². The molecule has 0 aromatic heterocycles. The van der Waals surface area contributed by atoms with E-state index in [1.54, 1.807) is 6.92 Å². The molecule has 2 rings (SSSR count). The summed E-state index contributed by atoms with van der Waals surface area (Å²) in [5, 5.41) is 3.17. The van der Waals surface area contributed by atoms with Crippen molar-refractivity contribution in [2.24, 2.45) is 0 Å². The first-order chi connectivity index (χ1) is 6.63. The van der Waals surface area contributed by atoms with Gasteiger partial charge in [0.05, 0.1) is 0 Å². The van der Waals surface area contributed by atoms with E-state index in [-0.39, 0.29) is 5.82 Å². The van der Waals surface area contributed by atoms with E-state index in [4.69, 9.17) is 5.73 Å². The summed E-state index contributed by atoms with van der Waals surface area (Å²) in [4.78, 5) is 0. The van der Waals surface area contributed by atoms with E-state index in [1.807, 2.05) is 6.92 Å². The minimum Gasteiger partial charge on any atom is -0.398 e. The Labute approximate surface area is 83.3 Å². The first-order valence-corrected chi connectivity index (χ1v) is 4.89. The molecule has 0 spiro atoms. The average molecular weight is 194 g/mol. The molecule has 0 radical (unpaired) electrons. The molecule has 0 fully saturated rings. The lowest BCUT2D eigenvalue weighted by molar-refractivity contribution is 0.556. The Balaban J connectivity index is 2.71. The van der Waals surface area contributed by atoms with E-state index in [9.17, 15) is 4.39 Å². The van der Waals surface area contributed by atoms with Crippen molar-refractivity contribution in [3.05, 3.63) is 28.1 Å². The van der Waals surface area contributed by atoms with Gasteiger partial charge in [-0.1, -0.05) is 0 Å². The maximum Gasteiger partial charge on any atom is 0.132 e. The smallest absolute Gasteiger partial charge is 0.132 e. The maximum atomic E-state index is 13.8. The lowest BCUT2D eigenvalue weighted by atomic mass is 9.92. The molecule has 1 aromatic rings. The number of nitrogens with two attached hydrogens (primary N) is 1. The topological polar surface area (TPSA) is 38.0 Å². The normalized spacial score (nSPS) is 15.4. The minimum absolute atomic E-state index is 0.129. The van der Waals surface area contributed by atoms with Crippen LogP contribution < -0.4 is 11.1 Å². The van der Waals surface area contributed by atoms with E-state index in [1.165, 1.54) is 0 Å². The molecule has 3 N–H and O–H groups in total. The van der Waals surface area contributed by atoms with Crippen LogP contribution in [0.15, 0.2) is 0 Å². The number of rotatable bonds is 0. The van der Waals surface area contributed by atoms with Crippen LogP contribution in [0.4, 0.5) is 10.1 Å². The molecule has 2 nitrogen and oxygen atoms in total. The fraction of sp³-hybridized carbons (Fsp3) is 0.455. The predicted octanol–water partition coefficient (Wildman–Crippen LogP) is 1.67. The molecule has 0 unspecified atom stereocenters. The standard InChI is InChI=1S/C11H15FN2/c1-6-8-3-4-14-5-9(8)10(12)7(2)11(6)13/h14H,3-5,13H2,1-2H3. The molecule has 1 heterocycles. The van der Waals surface area contributed by atoms with E-state index in [2.05, 4.69) is 5.32 Å². The summed E-state index contributed by atoms with van der Waals surface area (Å²) in [5.41, 5.74) is 10.0. The zero-order valence-electron chi connectivity index (χ0n) is 8.58. The summed E-state index contributed by atoms with van der Waals surface area (Å²) in [5.74, 6) is -0.129. The highest BCUT2D eigenvalue weighted by molar-refractivity contribution is 5.60. The lowest BCUT2D eigenvalue weighted by Gasteiger charge is -2.22. The van der Waals surface area contributed by atoms with Gasteiger partial charge in [0.25, 0.3) is 0 Å². The number of nitrogen functional groups attached to an aromatic ring is 1. The van der Waals surface area contributed by atoms with Crippen molar-refractivity contribution >= 4 is 5.69 Å². The monoisotopic (exact) mass is 194 g/mol. The van der Waals surface area contributed by atoms with Crippen molar-refractivity contribution < 1.29 is 4.39 Å². The number of anilines is 1. The quantitative estimate of drug-likeness (QED) is 0.616. The number of benzene rings is 1. The summed E-state index contributed by atoms with van der Waals surface area (Å²) in [7, 11) is 0. The van der Waals surface area contributed by atoms with E-state index in [0.717, 1.165) is 29.7 Å². The first kappa shape index (κ1) is 9.46. The second kappa shape index (κ2) is 3.24. The Hall–Kier alpha value is -1.09. The zero-order valence-corrected chi connectivity index (χ0v) is 8.58. The fourth-order valence-corrected chi connectivity index (χ4v) is 2.10. The summed E-state index contributed by atoms with van der Waals surface area (Å²) in [6.45, 7) is 5.26. The van der Waals surface area contributed by atoms with Gasteiger partial charge in [-0.05, 0) is 37.9 Å². The summed E-state index contributed by atoms with van der Waals surface area (Å²) in [6, 6.07) is 0. The molecular weight excluding hydrogens is 179 g/mol. The number of fused-ring (bicyclic) bond motifs is 1. The van der Waals surface area contributed by atoms with Gasteiger partial charge in [0.1, 0.15) is 5.82 Å². The Morgan fingerprint density at radius 1 is 1.21 bits per heavy atom. The molecule has 0 amide bonds. The van der Waals surface area contributed by atoms with Crippen molar-refractivity contribution in [3.8, 4) is 0 Å². The van der Waals surface area contributed by atoms with E-state index < -0.39 is 0 Å². The highest BCUT2D eigenvalue weighted by Gasteiger charge is 2.19. The number of halogens is 1. The Morgan fingerprint density at radius 2 is 1.93 bits per heavy atom. The second-order valence-corrected chi connectivity index (χ2v) is 3.86. The van der Waals surface area contributed by atoms with Crippen molar-refractivity contribution in [1.29, 1.82) is 0 Å². The molecule has 3 heteroatoms. The van der Waals surface area contributed by atoms with Crippen molar-refractivity contribution in [3.63, 3.8) is 0 Å². The second-order valence-electron chi connectivity index (χ2n) is 3.86. The zero-order chi connectivity index (χ0) is 10.3. The number of hydrogen-bond donors (Lipinski definition) is 2. The minimum atomic E-state index is -0.129. The molecule has 1 aliphatic heterocycles. The lowest BCUT2D eigenvalue weighted by Crippen LogP contribution is -2.26. The number of hydrogen-bond acceptors (Lipinski definition) is 2. The molecule has 1 aliphatic rings. The molecule has 0 aliphatic carbocycles. The van der Waals surface area contributed by atoms with Gasteiger partial charge >= 0.3 is 0 Å². The van der Waals surface area contributed by atoms with Gasteiger partial charge in [0.2, 0.25) is 0 Å². The van der Waals surface area contributed by atoms with Crippen LogP contribution in [0, 0.1) is 19.7 Å². The van der Waals surface area contributed by atoms with Gasteiger partial charge in [-0.3, -0.25) is 0 Å². The van der Waals surface area contributed by atoms with Gasteiger partial charge in [-0.15, -0.1) is 0 Å². The molecule has 76 valence electrons. The van der Waals surface area contributed by atoms with Crippen LogP contribution in [0.1, 0.15) is 22.3 Å². The fourth-order valence-electron chi connectivity index (χ4n) is 2.10. The summed E-state index contributed by atoms with van der Waals surface area (Å²) >= 11 is 0. The van der Waals surface area contributed by atoms with Crippen LogP contribution in [-0.2, 0) is 13.0 Å². The van der Waals surface area contributed by atoms with E-state index >= 15 is 0 Å². The van der Waals surface area contributed by atoms with Crippen molar-refractivity contribution in [2.45, 2.75) is 26.8 Å². The highest BCUT2D eigenvalue weighted by Crippen LogP contribution is 2.29. The molecule has 0 bridgehead atoms. The summed E-state index contributed by atoms with van der Waals surface area (Å²) in [6.07, 6.45) is 0.878. The molecule has 14 heavy (non-hydrogen) atoms. The Morgan fingerprint density at radius 3 is 2.64 bits per heavy atom. The Kier molecular flexibility index (Phi) is 2.19. The van der Waals surface area contributed by atoms with Crippen LogP contribution in [0.25, 0.3) is 0 Å². The van der Waals surface area contributed by atoms with Gasteiger partial charge < -0.3 is 11.1 Å². The third kappa shape index (κ3) is 1.20. The molecule has 1 aromatic carbocycles. The van der Waals surface area contributed by atoms with Crippen molar-refractivity contribution in [1.82, 2.24) is 5.32 Å². The highest BCUT2D eigenvalue weighted by atomic mass is 19.1. The van der Waals surface area contributed by atoms with Crippen LogP contribution in [0.5, 0.6) is 0 Å². The van der Waals surface area contributed by atoms with Gasteiger partial charge in [0.15, 0.2) is 0 Å². The molecular formula is C11H15FN2. The third-order valence-corrected chi connectivity index (χ3v) is 3.07.